The van der Waals surface area contributed by atoms with E-state index in [1.807, 2.05) is 31.3 Å². The summed E-state index contributed by atoms with van der Waals surface area (Å²) in [5, 5.41) is 0. The van der Waals surface area contributed by atoms with Gasteiger partial charge in [-0.15, -0.1) is 0 Å². The van der Waals surface area contributed by atoms with Crippen molar-refractivity contribution in [1.82, 2.24) is 4.98 Å². The second kappa shape index (κ2) is 4.24. The van der Waals surface area contributed by atoms with Gasteiger partial charge in [-0.1, -0.05) is 30.3 Å². The first kappa shape index (κ1) is 9.87. The molecule has 0 saturated heterocycles. The van der Waals surface area contributed by atoms with Crippen molar-refractivity contribution >= 4 is 0 Å². The maximum absolute atomic E-state index is 5.70. The Hall–Kier alpha value is -1.67. The van der Waals surface area contributed by atoms with Crippen LogP contribution in [0.3, 0.4) is 0 Å². The molecule has 1 aromatic heterocycles. The molecule has 1 aromatic carbocycles. The lowest BCUT2D eigenvalue weighted by Gasteiger charge is -2.08. The number of hydrogen-bond donors (Lipinski definition) is 1. The molecule has 2 N–H and O–H groups in total. The Labute approximate surface area is 89.8 Å². The summed E-state index contributed by atoms with van der Waals surface area (Å²) in [7, 11) is 0. The molecule has 2 heteroatoms. The van der Waals surface area contributed by atoms with Crippen molar-refractivity contribution in [3.8, 4) is 11.1 Å². The van der Waals surface area contributed by atoms with Gasteiger partial charge in [0.1, 0.15) is 0 Å². The highest BCUT2D eigenvalue weighted by atomic mass is 14.7. The summed E-state index contributed by atoms with van der Waals surface area (Å²) < 4.78 is 0. The van der Waals surface area contributed by atoms with Crippen LogP contribution in [0.4, 0.5) is 0 Å². The van der Waals surface area contributed by atoms with Gasteiger partial charge in [0, 0.05) is 18.4 Å². The van der Waals surface area contributed by atoms with E-state index in [0.717, 1.165) is 11.3 Å². The standard InChI is InChI=1S/C13H14N2/c1-10-7-13(12(8-14)9-15-10)11-5-3-2-4-6-11/h2-7,9H,8,14H2,1H3. The third kappa shape index (κ3) is 2.05. The lowest BCUT2D eigenvalue weighted by molar-refractivity contribution is 1.04. The Morgan fingerprint density at radius 2 is 1.93 bits per heavy atom. The second-order valence-corrected chi connectivity index (χ2v) is 3.55. The molecule has 0 unspecified atom stereocenters. The van der Waals surface area contributed by atoms with E-state index in [4.69, 9.17) is 5.73 Å². The molecular formula is C13H14N2. The lowest BCUT2D eigenvalue weighted by Crippen LogP contribution is -2.00. The van der Waals surface area contributed by atoms with Gasteiger partial charge in [0.05, 0.1) is 0 Å². The van der Waals surface area contributed by atoms with Crippen LogP contribution < -0.4 is 5.73 Å². The topological polar surface area (TPSA) is 38.9 Å². The van der Waals surface area contributed by atoms with Gasteiger partial charge in [0.15, 0.2) is 0 Å². The minimum Gasteiger partial charge on any atom is -0.326 e. The largest absolute Gasteiger partial charge is 0.326 e. The number of aryl methyl sites for hydroxylation is 1. The summed E-state index contributed by atoms with van der Waals surface area (Å²) in [5.41, 5.74) is 10.2. The first-order valence-electron chi connectivity index (χ1n) is 5.02. The zero-order chi connectivity index (χ0) is 10.7. The van der Waals surface area contributed by atoms with Gasteiger partial charge in [-0.25, -0.2) is 0 Å². The molecule has 2 rings (SSSR count). The van der Waals surface area contributed by atoms with Crippen molar-refractivity contribution in [2.24, 2.45) is 5.73 Å². The van der Waals surface area contributed by atoms with Crippen molar-refractivity contribution in [1.29, 1.82) is 0 Å². The van der Waals surface area contributed by atoms with Crippen LogP contribution in [0.15, 0.2) is 42.6 Å². The molecule has 0 amide bonds. The minimum atomic E-state index is 0.525. The summed E-state index contributed by atoms with van der Waals surface area (Å²) in [4.78, 5) is 4.26. The number of rotatable bonds is 2. The van der Waals surface area contributed by atoms with E-state index in [1.165, 1.54) is 11.1 Å². The maximum atomic E-state index is 5.70. The van der Waals surface area contributed by atoms with E-state index in [9.17, 15) is 0 Å². The minimum absolute atomic E-state index is 0.525. The first-order chi connectivity index (χ1) is 7.31. The molecule has 0 radical (unpaired) electrons. The summed E-state index contributed by atoms with van der Waals surface area (Å²) in [5.74, 6) is 0. The monoisotopic (exact) mass is 198 g/mol. The molecule has 0 atom stereocenters. The van der Waals surface area contributed by atoms with E-state index in [-0.39, 0.29) is 0 Å². The molecule has 0 aliphatic rings. The van der Waals surface area contributed by atoms with Gasteiger partial charge in [-0.3, -0.25) is 4.98 Å². The fourth-order valence-electron chi connectivity index (χ4n) is 1.64. The Morgan fingerprint density at radius 1 is 1.20 bits per heavy atom. The highest BCUT2D eigenvalue weighted by Crippen LogP contribution is 2.23. The molecule has 0 spiro atoms. The van der Waals surface area contributed by atoms with Crippen molar-refractivity contribution in [2.45, 2.75) is 13.5 Å². The molecule has 2 aromatic rings. The Bertz CT molecular complexity index is 449. The predicted octanol–water partition coefficient (Wildman–Crippen LogP) is 2.52. The van der Waals surface area contributed by atoms with Crippen LogP contribution in [-0.2, 0) is 6.54 Å². The predicted molar refractivity (Wildman–Crippen MR) is 62.3 cm³/mol. The van der Waals surface area contributed by atoms with E-state index in [1.54, 1.807) is 0 Å². The molecule has 76 valence electrons. The second-order valence-electron chi connectivity index (χ2n) is 3.55. The summed E-state index contributed by atoms with van der Waals surface area (Å²) in [6.07, 6.45) is 1.86. The van der Waals surface area contributed by atoms with Gasteiger partial charge in [0.25, 0.3) is 0 Å². The van der Waals surface area contributed by atoms with Crippen molar-refractivity contribution < 1.29 is 0 Å². The maximum Gasteiger partial charge on any atom is 0.0379 e. The van der Waals surface area contributed by atoms with Crippen LogP contribution in [-0.4, -0.2) is 4.98 Å². The Kier molecular flexibility index (Phi) is 2.79. The molecule has 0 aliphatic carbocycles. The van der Waals surface area contributed by atoms with Gasteiger partial charge in [-0.2, -0.15) is 0 Å². The number of nitrogens with two attached hydrogens (primary N) is 1. The molecule has 0 aliphatic heterocycles. The third-order valence-electron chi connectivity index (χ3n) is 2.43. The number of aromatic nitrogens is 1. The lowest BCUT2D eigenvalue weighted by atomic mass is 10.0. The zero-order valence-electron chi connectivity index (χ0n) is 8.77. The fourth-order valence-corrected chi connectivity index (χ4v) is 1.64. The number of pyridine rings is 1. The summed E-state index contributed by atoms with van der Waals surface area (Å²) >= 11 is 0. The molecule has 2 nitrogen and oxygen atoms in total. The van der Waals surface area contributed by atoms with Gasteiger partial charge < -0.3 is 5.73 Å². The quantitative estimate of drug-likeness (QED) is 0.805. The number of benzene rings is 1. The molecule has 0 fully saturated rings. The Balaban J connectivity index is 2.56. The van der Waals surface area contributed by atoms with E-state index in [0.29, 0.717) is 6.54 Å². The number of hydrogen-bond acceptors (Lipinski definition) is 2. The van der Waals surface area contributed by atoms with Crippen LogP contribution in [0.2, 0.25) is 0 Å². The average molecular weight is 198 g/mol. The molecule has 0 bridgehead atoms. The molecule has 15 heavy (non-hydrogen) atoms. The summed E-state index contributed by atoms with van der Waals surface area (Å²) in [6.45, 7) is 2.52. The van der Waals surface area contributed by atoms with Crippen molar-refractivity contribution in [2.75, 3.05) is 0 Å². The van der Waals surface area contributed by atoms with Crippen molar-refractivity contribution in [3.05, 3.63) is 53.9 Å². The van der Waals surface area contributed by atoms with Gasteiger partial charge >= 0.3 is 0 Å². The van der Waals surface area contributed by atoms with Crippen LogP contribution in [0.1, 0.15) is 11.3 Å². The molecular weight excluding hydrogens is 184 g/mol. The normalized spacial score (nSPS) is 10.3. The van der Waals surface area contributed by atoms with Gasteiger partial charge in [-0.05, 0) is 29.7 Å². The molecule has 1 heterocycles. The van der Waals surface area contributed by atoms with E-state index >= 15 is 0 Å². The first-order valence-corrected chi connectivity index (χ1v) is 5.02. The highest BCUT2D eigenvalue weighted by molar-refractivity contribution is 5.67. The summed E-state index contributed by atoms with van der Waals surface area (Å²) in [6, 6.07) is 12.3. The van der Waals surface area contributed by atoms with Crippen LogP contribution in [0, 0.1) is 6.92 Å². The average Bonchev–Trinajstić information content (AvgIpc) is 2.30. The fraction of sp³-hybridized carbons (Fsp3) is 0.154. The smallest absolute Gasteiger partial charge is 0.0379 e. The molecule has 0 saturated carbocycles. The van der Waals surface area contributed by atoms with Crippen molar-refractivity contribution in [3.63, 3.8) is 0 Å². The van der Waals surface area contributed by atoms with Crippen LogP contribution >= 0.6 is 0 Å². The van der Waals surface area contributed by atoms with E-state index < -0.39 is 0 Å². The SMILES string of the molecule is Cc1cc(-c2ccccc2)c(CN)cn1. The zero-order valence-corrected chi connectivity index (χ0v) is 8.77. The van der Waals surface area contributed by atoms with Crippen LogP contribution in [0.5, 0.6) is 0 Å². The Morgan fingerprint density at radius 3 is 2.60 bits per heavy atom. The highest BCUT2D eigenvalue weighted by Gasteiger charge is 2.03. The van der Waals surface area contributed by atoms with Gasteiger partial charge in [0.2, 0.25) is 0 Å². The number of nitrogens with zero attached hydrogens (tertiary/aromatic N) is 1. The van der Waals surface area contributed by atoms with Crippen LogP contribution in [0.25, 0.3) is 11.1 Å². The third-order valence-corrected chi connectivity index (χ3v) is 2.43. The van der Waals surface area contributed by atoms with E-state index in [2.05, 4.69) is 23.2 Å².